The van der Waals surface area contributed by atoms with Crippen LogP contribution >= 0.6 is 0 Å². The highest BCUT2D eigenvalue weighted by atomic mass is 16.5. The average molecular weight is 174 g/mol. The molecule has 0 aromatic carbocycles. The third kappa shape index (κ3) is 7.34. The van der Waals surface area contributed by atoms with Crippen molar-refractivity contribution in [3.05, 3.63) is 0 Å². The number of hydrogen-bond acceptors (Lipinski definition) is 3. The van der Waals surface area contributed by atoms with Crippen molar-refractivity contribution in [3.63, 3.8) is 0 Å². The van der Waals surface area contributed by atoms with Crippen molar-refractivity contribution < 1.29 is 9.53 Å². The van der Waals surface area contributed by atoms with Gasteiger partial charge in [0.05, 0.1) is 0 Å². The van der Waals surface area contributed by atoms with Crippen LogP contribution in [0.3, 0.4) is 0 Å². The first-order valence-electron chi connectivity index (χ1n) is 4.27. The quantitative estimate of drug-likeness (QED) is 0.648. The molecule has 0 atom stereocenters. The van der Waals surface area contributed by atoms with E-state index in [0.717, 1.165) is 13.1 Å². The minimum atomic E-state index is -0.695. The number of hydrogen-bond donors (Lipinski definition) is 1. The first kappa shape index (κ1) is 11.2. The van der Waals surface area contributed by atoms with Gasteiger partial charge in [-0.15, -0.1) is 0 Å². The van der Waals surface area contributed by atoms with E-state index in [-0.39, 0.29) is 0 Å². The van der Waals surface area contributed by atoms with Gasteiger partial charge in [0.2, 0.25) is 0 Å². The Morgan fingerprint density at radius 3 is 2.67 bits per heavy atom. The second-order valence-corrected chi connectivity index (χ2v) is 2.82. The fraction of sp³-hybridized carbons (Fsp3) is 0.875. The van der Waals surface area contributed by atoms with Gasteiger partial charge in [0.1, 0.15) is 6.61 Å². The van der Waals surface area contributed by atoms with Crippen LogP contribution in [0.4, 0.5) is 4.79 Å². The predicted octanol–water partition coefficient (Wildman–Crippen LogP) is 0.814. The summed E-state index contributed by atoms with van der Waals surface area (Å²) in [5.41, 5.74) is 4.80. The largest absolute Gasteiger partial charge is 0.448 e. The van der Waals surface area contributed by atoms with Gasteiger partial charge in [-0.25, -0.2) is 4.79 Å². The molecular weight excluding hydrogens is 156 g/mol. The van der Waals surface area contributed by atoms with Crippen molar-refractivity contribution >= 4 is 6.09 Å². The zero-order chi connectivity index (χ0) is 9.40. The lowest BCUT2D eigenvalue weighted by molar-refractivity contribution is 0.142. The molecule has 1 amide bonds. The number of rotatable bonds is 6. The Bertz CT molecular complexity index is 128. The van der Waals surface area contributed by atoms with E-state index in [1.54, 1.807) is 0 Å². The summed E-state index contributed by atoms with van der Waals surface area (Å²) in [4.78, 5) is 12.3. The van der Waals surface area contributed by atoms with Crippen LogP contribution < -0.4 is 5.73 Å². The maximum Gasteiger partial charge on any atom is 0.404 e. The van der Waals surface area contributed by atoms with E-state index in [4.69, 9.17) is 5.73 Å². The third-order valence-electron chi connectivity index (χ3n) is 1.61. The Balaban J connectivity index is 3.19. The molecule has 0 fully saturated rings. The molecule has 72 valence electrons. The molecule has 0 radical (unpaired) electrons. The van der Waals surface area contributed by atoms with Crippen molar-refractivity contribution in [1.29, 1.82) is 0 Å². The predicted molar refractivity (Wildman–Crippen MR) is 47.9 cm³/mol. The molecule has 0 aliphatic heterocycles. The van der Waals surface area contributed by atoms with Crippen LogP contribution in [0.2, 0.25) is 0 Å². The number of nitrogens with two attached hydrogens (primary N) is 1. The van der Waals surface area contributed by atoms with E-state index >= 15 is 0 Å². The van der Waals surface area contributed by atoms with Crippen molar-refractivity contribution in [2.75, 3.05) is 26.7 Å². The monoisotopic (exact) mass is 174 g/mol. The topological polar surface area (TPSA) is 55.6 Å². The second kappa shape index (κ2) is 6.91. The second-order valence-electron chi connectivity index (χ2n) is 2.82. The molecule has 2 N–H and O–H groups in total. The smallest absolute Gasteiger partial charge is 0.404 e. The van der Waals surface area contributed by atoms with Crippen molar-refractivity contribution in [3.8, 4) is 0 Å². The Hall–Kier alpha value is -0.770. The maximum absolute atomic E-state index is 10.2. The Labute approximate surface area is 73.7 Å². The molecule has 0 aliphatic carbocycles. The lowest BCUT2D eigenvalue weighted by atomic mass is 10.3. The Morgan fingerprint density at radius 2 is 2.17 bits per heavy atom. The SMILES string of the molecule is CCCCN(C)CCOC(N)=O. The normalized spacial score (nSPS) is 10.2. The maximum atomic E-state index is 10.2. The number of ether oxygens (including phenoxy) is 1. The fourth-order valence-electron chi connectivity index (χ4n) is 0.842. The van der Waals surface area contributed by atoms with Crippen molar-refractivity contribution in [2.45, 2.75) is 19.8 Å². The Morgan fingerprint density at radius 1 is 1.50 bits per heavy atom. The number of amides is 1. The standard InChI is InChI=1S/C8H18N2O2/c1-3-4-5-10(2)6-7-12-8(9)11/h3-7H2,1-2H3,(H2,9,11). The van der Waals surface area contributed by atoms with Gasteiger partial charge in [-0.1, -0.05) is 13.3 Å². The zero-order valence-corrected chi connectivity index (χ0v) is 7.88. The summed E-state index contributed by atoms with van der Waals surface area (Å²) in [5, 5.41) is 0. The third-order valence-corrected chi connectivity index (χ3v) is 1.61. The summed E-state index contributed by atoms with van der Waals surface area (Å²) >= 11 is 0. The molecule has 4 nitrogen and oxygen atoms in total. The molecular formula is C8H18N2O2. The molecule has 0 heterocycles. The van der Waals surface area contributed by atoms with Gasteiger partial charge in [-0.3, -0.25) is 0 Å². The zero-order valence-electron chi connectivity index (χ0n) is 7.88. The molecule has 0 aromatic heterocycles. The number of unbranched alkanes of at least 4 members (excludes halogenated alkanes) is 1. The van der Waals surface area contributed by atoms with E-state index in [2.05, 4.69) is 16.6 Å². The first-order chi connectivity index (χ1) is 5.66. The molecule has 0 spiro atoms. The minimum Gasteiger partial charge on any atom is -0.448 e. The molecule has 0 unspecified atom stereocenters. The first-order valence-corrected chi connectivity index (χ1v) is 4.27. The molecule has 0 saturated heterocycles. The van der Waals surface area contributed by atoms with Crippen LogP contribution in [0.15, 0.2) is 0 Å². The van der Waals surface area contributed by atoms with E-state index < -0.39 is 6.09 Å². The molecule has 0 aromatic rings. The molecule has 0 saturated carbocycles. The number of nitrogens with zero attached hydrogens (tertiary/aromatic N) is 1. The highest BCUT2D eigenvalue weighted by Crippen LogP contribution is 1.90. The van der Waals surface area contributed by atoms with Crippen molar-refractivity contribution in [2.24, 2.45) is 5.73 Å². The van der Waals surface area contributed by atoms with E-state index in [0.29, 0.717) is 6.61 Å². The van der Waals surface area contributed by atoms with Gasteiger partial charge in [0.15, 0.2) is 0 Å². The van der Waals surface area contributed by atoms with E-state index in [1.165, 1.54) is 12.8 Å². The molecule has 4 heteroatoms. The highest BCUT2D eigenvalue weighted by molar-refractivity contribution is 5.64. The Kier molecular flexibility index (Phi) is 6.47. The van der Waals surface area contributed by atoms with E-state index in [1.807, 2.05) is 7.05 Å². The number of primary amides is 1. The molecule has 0 aliphatic rings. The summed E-state index contributed by atoms with van der Waals surface area (Å²) in [7, 11) is 2.00. The summed E-state index contributed by atoms with van der Waals surface area (Å²) in [6, 6.07) is 0. The summed E-state index contributed by atoms with van der Waals surface area (Å²) in [6.07, 6.45) is 1.66. The van der Waals surface area contributed by atoms with Gasteiger partial charge in [-0.05, 0) is 20.0 Å². The van der Waals surface area contributed by atoms with Crippen LogP contribution in [0.1, 0.15) is 19.8 Å². The van der Waals surface area contributed by atoms with Gasteiger partial charge in [-0.2, -0.15) is 0 Å². The molecule has 0 rings (SSSR count). The average Bonchev–Trinajstić information content (AvgIpc) is 2.00. The highest BCUT2D eigenvalue weighted by Gasteiger charge is 1.98. The van der Waals surface area contributed by atoms with Gasteiger partial charge in [0, 0.05) is 6.54 Å². The van der Waals surface area contributed by atoms with Gasteiger partial charge >= 0.3 is 6.09 Å². The number of carbonyl (C=O) groups is 1. The minimum absolute atomic E-state index is 0.384. The molecule has 0 bridgehead atoms. The van der Waals surface area contributed by atoms with E-state index in [9.17, 15) is 4.79 Å². The van der Waals surface area contributed by atoms with Crippen LogP contribution in [-0.2, 0) is 4.74 Å². The van der Waals surface area contributed by atoms with Gasteiger partial charge < -0.3 is 15.4 Å². The van der Waals surface area contributed by atoms with Crippen LogP contribution in [0.5, 0.6) is 0 Å². The number of carbonyl (C=O) groups excluding carboxylic acids is 1. The van der Waals surface area contributed by atoms with Crippen LogP contribution in [0.25, 0.3) is 0 Å². The molecule has 12 heavy (non-hydrogen) atoms. The van der Waals surface area contributed by atoms with Crippen LogP contribution in [-0.4, -0.2) is 37.7 Å². The lowest BCUT2D eigenvalue weighted by Gasteiger charge is -2.14. The lowest BCUT2D eigenvalue weighted by Crippen LogP contribution is -2.26. The summed E-state index contributed by atoms with van der Waals surface area (Å²) < 4.78 is 4.59. The summed E-state index contributed by atoms with van der Waals surface area (Å²) in [5.74, 6) is 0. The van der Waals surface area contributed by atoms with Gasteiger partial charge in [0.25, 0.3) is 0 Å². The summed E-state index contributed by atoms with van der Waals surface area (Å²) in [6.45, 7) is 4.32. The number of likely N-dealkylation sites (N-methyl/N-ethyl adjacent to an activating group) is 1. The van der Waals surface area contributed by atoms with Crippen LogP contribution in [0, 0.1) is 0 Å². The van der Waals surface area contributed by atoms with Crippen molar-refractivity contribution in [1.82, 2.24) is 4.90 Å². The fourth-order valence-corrected chi connectivity index (χ4v) is 0.842.